The highest BCUT2D eigenvalue weighted by atomic mass is 19.1. The Bertz CT molecular complexity index is 1330. The van der Waals surface area contributed by atoms with Gasteiger partial charge in [0.05, 0.1) is 16.8 Å². The first-order valence-electron chi connectivity index (χ1n) is 11.2. The molecule has 0 spiro atoms. The molecule has 0 bridgehead atoms. The van der Waals surface area contributed by atoms with Gasteiger partial charge in [-0.25, -0.2) is 14.4 Å². The lowest BCUT2D eigenvalue weighted by atomic mass is 9.98. The highest BCUT2D eigenvalue weighted by Crippen LogP contribution is 2.45. The largest absolute Gasteiger partial charge is 0.384 e. The summed E-state index contributed by atoms with van der Waals surface area (Å²) in [4.78, 5) is 13.9. The van der Waals surface area contributed by atoms with E-state index in [1.165, 1.54) is 0 Å². The van der Waals surface area contributed by atoms with Gasteiger partial charge in [-0.2, -0.15) is 4.98 Å². The van der Waals surface area contributed by atoms with E-state index in [4.69, 9.17) is 4.98 Å². The van der Waals surface area contributed by atoms with Crippen LogP contribution in [-0.4, -0.2) is 24.6 Å². The highest BCUT2D eigenvalue weighted by Gasteiger charge is 2.38. The van der Waals surface area contributed by atoms with Gasteiger partial charge >= 0.3 is 0 Å². The number of fused-ring (bicyclic) bond motifs is 2. The number of nitrogens with one attached hydrogen (secondary N) is 1. The van der Waals surface area contributed by atoms with Crippen molar-refractivity contribution in [3.63, 3.8) is 0 Å². The molecule has 1 unspecified atom stereocenters. The minimum absolute atomic E-state index is 0.148. The Morgan fingerprint density at radius 3 is 2.72 bits per heavy atom. The van der Waals surface area contributed by atoms with E-state index in [-0.39, 0.29) is 11.7 Å². The van der Waals surface area contributed by atoms with Crippen LogP contribution in [0.3, 0.4) is 0 Å². The van der Waals surface area contributed by atoms with Crippen molar-refractivity contribution in [3.05, 3.63) is 71.4 Å². The van der Waals surface area contributed by atoms with Crippen LogP contribution in [0.25, 0.3) is 16.9 Å². The summed E-state index contributed by atoms with van der Waals surface area (Å²) in [5, 5.41) is 14.6. The molecule has 0 saturated heterocycles. The Morgan fingerprint density at radius 2 is 1.97 bits per heavy atom. The third kappa shape index (κ3) is 2.99. The summed E-state index contributed by atoms with van der Waals surface area (Å²) in [5.41, 5.74) is 2.79. The lowest BCUT2D eigenvalue weighted by molar-refractivity contribution is 0.0306. The molecule has 2 aliphatic rings. The summed E-state index contributed by atoms with van der Waals surface area (Å²) in [6.07, 6.45) is 5.50. The third-order valence-corrected chi connectivity index (χ3v) is 6.70. The van der Waals surface area contributed by atoms with Gasteiger partial charge in [0.1, 0.15) is 11.4 Å². The smallest absolute Gasteiger partial charge is 0.229 e. The molecule has 2 N–H and O–H groups in total. The fourth-order valence-corrected chi connectivity index (χ4v) is 4.72. The van der Waals surface area contributed by atoms with Crippen molar-refractivity contribution in [2.45, 2.75) is 50.5 Å². The maximum Gasteiger partial charge on any atom is 0.229 e. The van der Waals surface area contributed by atoms with E-state index < -0.39 is 5.60 Å². The molecular weight excluding hydrogens is 405 g/mol. The molecule has 4 aromatic rings. The first kappa shape index (κ1) is 19.4. The number of aliphatic hydroxyl groups is 1. The standard InChI is InChI=1S/C25H24FN5O/c1-2-25(32)13-12-16-10-11-19(29-22(16)25)31-21(15-8-9-15)20(26)18-14-27-24(30-23(18)31)28-17-6-4-3-5-7-17/h3-7,10-11,14-15,32H,2,8-9,12-13H2,1H3,(H,27,28,30). The van der Waals surface area contributed by atoms with Crippen molar-refractivity contribution < 1.29 is 9.50 Å². The Kier molecular flexibility index (Phi) is 4.30. The fourth-order valence-electron chi connectivity index (χ4n) is 4.72. The van der Waals surface area contributed by atoms with Crippen LogP contribution in [0, 0.1) is 5.82 Å². The van der Waals surface area contributed by atoms with Gasteiger partial charge in [-0.05, 0) is 55.9 Å². The quantitative estimate of drug-likeness (QED) is 0.461. The van der Waals surface area contributed by atoms with E-state index >= 15 is 4.39 Å². The van der Waals surface area contributed by atoms with Gasteiger partial charge in [-0.15, -0.1) is 0 Å². The van der Waals surface area contributed by atoms with Crippen molar-refractivity contribution in [1.82, 2.24) is 19.5 Å². The minimum atomic E-state index is -0.929. The predicted octanol–water partition coefficient (Wildman–Crippen LogP) is 5.12. The van der Waals surface area contributed by atoms with E-state index in [1.54, 1.807) is 6.20 Å². The van der Waals surface area contributed by atoms with E-state index in [2.05, 4.69) is 15.3 Å². The van der Waals surface area contributed by atoms with E-state index in [1.807, 2.05) is 54.0 Å². The zero-order valence-electron chi connectivity index (χ0n) is 17.8. The maximum absolute atomic E-state index is 15.5. The molecule has 7 heteroatoms. The second kappa shape index (κ2) is 7.10. The Hall–Kier alpha value is -3.32. The van der Waals surface area contributed by atoms with Crippen molar-refractivity contribution in [2.75, 3.05) is 5.32 Å². The highest BCUT2D eigenvalue weighted by molar-refractivity contribution is 5.81. The van der Waals surface area contributed by atoms with Crippen LogP contribution in [0.5, 0.6) is 0 Å². The van der Waals surface area contributed by atoms with Gasteiger partial charge in [0, 0.05) is 17.8 Å². The molecule has 1 atom stereocenters. The van der Waals surface area contributed by atoms with Crippen molar-refractivity contribution >= 4 is 22.7 Å². The molecule has 3 heterocycles. The van der Waals surface area contributed by atoms with Crippen LogP contribution in [-0.2, 0) is 12.0 Å². The number of hydrogen-bond acceptors (Lipinski definition) is 5. The Labute approximate surface area is 185 Å². The summed E-state index contributed by atoms with van der Waals surface area (Å²) < 4.78 is 17.3. The number of hydrogen-bond donors (Lipinski definition) is 2. The predicted molar refractivity (Wildman–Crippen MR) is 121 cm³/mol. The molecule has 32 heavy (non-hydrogen) atoms. The van der Waals surface area contributed by atoms with Gasteiger partial charge in [-0.3, -0.25) is 4.57 Å². The van der Waals surface area contributed by atoms with Crippen LogP contribution >= 0.6 is 0 Å². The zero-order valence-corrected chi connectivity index (χ0v) is 17.8. The summed E-state index contributed by atoms with van der Waals surface area (Å²) in [5.74, 6) is 0.866. The number of benzene rings is 1. The van der Waals surface area contributed by atoms with Gasteiger partial charge < -0.3 is 10.4 Å². The Morgan fingerprint density at radius 1 is 1.16 bits per heavy atom. The van der Waals surface area contributed by atoms with Gasteiger partial charge in [0.25, 0.3) is 0 Å². The number of rotatable bonds is 5. The topological polar surface area (TPSA) is 75.9 Å². The Balaban J connectivity index is 1.53. The fraction of sp³-hybridized carbons (Fsp3) is 0.320. The van der Waals surface area contributed by atoms with Crippen LogP contribution in [0.1, 0.15) is 55.5 Å². The zero-order chi connectivity index (χ0) is 21.9. The normalized spacial score (nSPS) is 20.0. The summed E-state index contributed by atoms with van der Waals surface area (Å²) in [6, 6.07) is 13.6. The van der Waals surface area contributed by atoms with Crippen LogP contribution < -0.4 is 5.32 Å². The van der Waals surface area contributed by atoms with Crippen molar-refractivity contribution in [2.24, 2.45) is 0 Å². The van der Waals surface area contributed by atoms with E-state index in [9.17, 15) is 5.11 Å². The molecule has 6 rings (SSSR count). The molecule has 0 aliphatic heterocycles. The SMILES string of the molecule is CCC1(O)CCc2ccc(-n3c(C4CC4)c(F)c4cnc(Nc5ccccc5)nc43)nc21. The first-order valence-corrected chi connectivity index (χ1v) is 11.2. The number of para-hydroxylation sites is 1. The van der Waals surface area contributed by atoms with Crippen LogP contribution in [0.4, 0.5) is 16.0 Å². The molecule has 1 saturated carbocycles. The van der Waals surface area contributed by atoms with E-state index in [0.29, 0.717) is 47.0 Å². The summed E-state index contributed by atoms with van der Waals surface area (Å²) in [7, 11) is 0. The number of aromatic nitrogens is 4. The molecule has 0 radical (unpaired) electrons. The molecule has 1 fully saturated rings. The molecule has 162 valence electrons. The number of nitrogens with zero attached hydrogens (tertiary/aromatic N) is 4. The molecule has 6 nitrogen and oxygen atoms in total. The number of anilines is 2. The van der Waals surface area contributed by atoms with Gasteiger partial charge in [0.15, 0.2) is 11.5 Å². The summed E-state index contributed by atoms with van der Waals surface area (Å²) >= 11 is 0. The molecule has 1 aromatic carbocycles. The minimum Gasteiger partial charge on any atom is -0.384 e. The van der Waals surface area contributed by atoms with Crippen molar-refractivity contribution in [3.8, 4) is 5.82 Å². The molecule has 2 aliphatic carbocycles. The van der Waals surface area contributed by atoms with Crippen LogP contribution in [0.15, 0.2) is 48.7 Å². The number of aryl methyl sites for hydroxylation is 1. The van der Waals surface area contributed by atoms with Crippen LogP contribution in [0.2, 0.25) is 0 Å². The molecule has 0 amide bonds. The average molecular weight is 429 g/mol. The number of pyridine rings is 1. The third-order valence-electron chi connectivity index (χ3n) is 6.70. The lowest BCUT2D eigenvalue weighted by Crippen LogP contribution is -2.22. The van der Waals surface area contributed by atoms with Gasteiger partial charge in [-0.1, -0.05) is 31.2 Å². The van der Waals surface area contributed by atoms with Crippen molar-refractivity contribution in [1.29, 1.82) is 0 Å². The number of halogens is 1. The molecular formula is C25H24FN5O. The maximum atomic E-state index is 15.5. The summed E-state index contributed by atoms with van der Waals surface area (Å²) in [6.45, 7) is 1.97. The average Bonchev–Trinajstić information content (AvgIpc) is 3.55. The first-order chi connectivity index (χ1) is 15.6. The second-order valence-electron chi connectivity index (χ2n) is 8.79. The molecule has 3 aromatic heterocycles. The monoisotopic (exact) mass is 429 g/mol. The van der Waals surface area contributed by atoms with Gasteiger partial charge in [0.2, 0.25) is 5.95 Å². The van der Waals surface area contributed by atoms with E-state index in [0.717, 1.165) is 30.5 Å². The lowest BCUT2D eigenvalue weighted by Gasteiger charge is -2.21. The second-order valence-corrected chi connectivity index (χ2v) is 8.79.